The van der Waals surface area contributed by atoms with Gasteiger partial charge in [0.05, 0.1) is 0 Å². The van der Waals surface area contributed by atoms with Crippen LogP contribution < -0.4 is 0 Å². The molecule has 49 heavy (non-hydrogen) atoms. The van der Waals surface area contributed by atoms with Gasteiger partial charge in [0, 0.05) is 16.7 Å². The molecule has 5 aromatic rings. The lowest BCUT2D eigenvalue weighted by Gasteiger charge is -2.57. The highest BCUT2D eigenvalue weighted by atomic mass is 14.6. The Bertz CT molecular complexity index is 1560. The van der Waals surface area contributed by atoms with Gasteiger partial charge in [-0.2, -0.15) is 0 Å². The normalized spacial score (nSPS) is 13.9. The molecule has 2 unspecified atom stereocenters. The largest absolute Gasteiger partial charge is 0.0654 e. The van der Waals surface area contributed by atoms with E-state index < -0.39 is 0 Å². The zero-order chi connectivity index (χ0) is 34.0. The lowest BCUT2D eigenvalue weighted by atomic mass is 9.45. The van der Waals surface area contributed by atoms with Crippen LogP contribution in [-0.2, 0) is 23.7 Å². The molecular weight excluding hydrogens is 589 g/mol. The van der Waals surface area contributed by atoms with Crippen molar-refractivity contribution in [2.24, 2.45) is 0 Å². The highest BCUT2D eigenvalue weighted by molar-refractivity contribution is 5.52. The minimum absolute atomic E-state index is 0.172. The number of rotatable bonds is 21. The monoisotopic (exact) mass is 647 g/mol. The molecule has 2 atom stereocenters. The van der Waals surface area contributed by atoms with Crippen LogP contribution in [-0.4, -0.2) is 0 Å². The molecule has 0 aliphatic rings. The van der Waals surface area contributed by atoms with E-state index in [1.165, 1.54) is 79.2 Å². The number of aryl methyl sites for hydroxylation is 1. The van der Waals surface area contributed by atoms with E-state index in [-0.39, 0.29) is 10.8 Å². The van der Waals surface area contributed by atoms with Crippen molar-refractivity contribution >= 4 is 0 Å². The van der Waals surface area contributed by atoms with Gasteiger partial charge in [0.25, 0.3) is 0 Å². The Morgan fingerprint density at radius 3 is 1.51 bits per heavy atom. The first-order valence-corrected chi connectivity index (χ1v) is 19.3. The summed E-state index contributed by atoms with van der Waals surface area (Å²) in [7, 11) is 0. The summed E-state index contributed by atoms with van der Waals surface area (Å²) >= 11 is 0. The van der Waals surface area contributed by atoms with Gasteiger partial charge in [-0.05, 0) is 66.3 Å². The zero-order valence-electron chi connectivity index (χ0n) is 30.3. The minimum atomic E-state index is -0.205. The fraction of sp³-hybridized carbons (Fsp3) is 0.367. The van der Waals surface area contributed by atoms with Crippen molar-refractivity contribution in [2.45, 2.75) is 115 Å². The van der Waals surface area contributed by atoms with E-state index in [0.717, 1.165) is 38.5 Å². The van der Waals surface area contributed by atoms with Gasteiger partial charge in [-0.15, -0.1) is 0 Å². The van der Waals surface area contributed by atoms with Crippen molar-refractivity contribution in [1.82, 2.24) is 0 Å². The molecule has 0 heterocycles. The molecule has 0 amide bonds. The first-order chi connectivity index (χ1) is 24.2. The Morgan fingerprint density at radius 1 is 0.429 bits per heavy atom. The predicted molar refractivity (Wildman–Crippen MR) is 212 cm³/mol. The summed E-state index contributed by atoms with van der Waals surface area (Å²) in [6, 6.07) is 57.6. The van der Waals surface area contributed by atoms with Crippen molar-refractivity contribution in [3.05, 3.63) is 185 Å². The molecule has 0 bridgehead atoms. The van der Waals surface area contributed by atoms with Gasteiger partial charge < -0.3 is 0 Å². The predicted octanol–water partition coefficient (Wildman–Crippen LogP) is 13.7. The van der Waals surface area contributed by atoms with E-state index in [9.17, 15) is 0 Å². The Balaban J connectivity index is 1.77. The highest BCUT2D eigenvalue weighted by Crippen LogP contribution is 2.60. The van der Waals surface area contributed by atoms with E-state index in [1.54, 1.807) is 5.92 Å². The lowest BCUT2D eigenvalue weighted by Crippen LogP contribution is -2.55. The Kier molecular flexibility index (Phi) is 14.4. The summed E-state index contributed by atoms with van der Waals surface area (Å²) in [4.78, 5) is 0. The second kappa shape index (κ2) is 19.3. The van der Waals surface area contributed by atoms with Crippen LogP contribution in [0.4, 0.5) is 0 Å². The van der Waals surface area contributed by atoms with Crippen molar-refractivity contribution in [2.75, 3.05) is 0 Å². The summed E-state index contributed by atoms with van der Waals surface area (Å²) in [6.07, 6.45) is 16.8. The van der Waals surface area contributed by atoms with Gasteiger partial charge in [-0.25, -0.2) is 0 Å². The molecule has 5 rings (SSSR count). The molecule has 0 heteroatoms. The molecule has 1 radical (unpaired) electrons. The first-order valence-electron chi connectivity index (χ1n) is 19.3. The maximum atomic E-state index is 2.47. The summed E-state index contributed by atoms with van der Waals surface area (Å²) in [5, 5.41) is 0. The van der Waals surface area contributed by atoms with Gasteiger partial charge in [-0.3, -0.25) is 0 Å². The Morgan fingerprint density at radius 2 is 0.918 bits per heavy atom. The Hall–Kier alpha value is -3.90. The summed E-state index contributed by atoms with van der Waals surface area (Å²) in [5.74, 6) is 1.64. The van der Waals surface area contributed by atoms with Crippen LogP contribution in [0.5, 0.6) is 0 Å². The molecule has 0 saturated heterocycles. The molecule has 0 aliphatic carbocycles. The topological polar surface area (TPSA) is 0 Å². The van der Waals surface area contributed by atoms with Crippen molar-refractivity contribution in [3.8, 4) is 0 Å². The van der Waals surface area contributed by atoms with Crippen LogP contribution in [0.15, 0.2) is 152 Å². The van der Waals surface area contributed by atoms with E-state index in [4.69, 9.17) is 0 Å². The van der Waals surface area contributed by atoms with Crippen molar-refractivity contribution in [1.29, 1.82) is 0 Å². The second-order valence-electron chi connectivity index (χ2n) is 14.2. The van der Waals surface area contributed by atoms with E-state index in [0.29, 0.717) is 0 Å². The van der Waals surface area contributed by atoms with E-state index in [2.05, 4.69) is 166 Å². The number of unbranched alkanes of at least 4 members (excludes halogenated alkanes) is 6. The van der Waals surface area contributed by atoms with Crippen LogP contribution >= 0.6 is 0 Å². The molecule has 0 saturated carbocycles. The van der Waals surface area contributed by atoms with Crippen LogP contribution in [0.3, 0.4) is 0 Å². The number of hydrogen-bond acceptors (Lipinski definition) is 0. The quantitative estimate of drug-likeness (QED) is 0.0695. The zero-order valence-corrected chi connectivity index (χ0v) is 30.3. The first kappa shape index (κ1) is 36.4. The second-order valence-corrected chi connectivity index (χ2v) is 14.2. The summed E-state index contributed by atoms with van der Waals surface area (Å²) < 4.78 is 0. The van der Waals surface area contributed by atoms with Gasteiger partial charge >= 0.3 is 0 Å². The molecular formula is C49H59. The number of hydrogen-bond donors (Lipinski definition) is 0. The standard InChI is InChI=1S/C49H59/c1-3-5-7-8-9-25-38-47(44-32-19-12-20-33-44)49(40-6-4-2,46-36-23-14-24-37-46)48(45-34-21-13-22-35-45,41-43-29-17-11-18-30-43)39-26-31-42-27-15-10-16-28-42/h10-24,27-30,32-37H,3-9,25-26,31,38-41H2,1-2H3. The molecule has 0 spiro atoms. The molecule has 0 nitrogen and oxygen atoms in total. The smallest absolute Gasteiger partial charge is 0.0164 e. The molecule has 0 aromatic heterocycles. The maximum Gasteiger partial charge on any atom is 0.0164 e. The minimum Gasteiger partial charge on any atom is -0.0654 e. The molecule has 0 N–H and O–H groups in total. The third kappa shape index (κ3) is 9.21. The van der Waals surface area contributed by atoms with Crippen LogP contribution in [0.1, 0.15) is 119 Å². The van der Waals surface area contributed by atoms with Crippen LogP contribution in [0.25, 0.3) is 0 Å². The fourth-order valence-electron chi connectivity index (χ4n) is 8.65. The Labute approximate surface area is 299 Å². The lowest BCUT2D eigenvalue weighted by molar-refractivity contribution is 0.178. The van der Waals surface area contributed by atoms with Gasteiger partial charge in [0.1, 0.15) is 0 Å². The SMILES string of the molecule is CCCCCCCC[C](c1ccccc1)C(CCCC)(c1ccccc1)C(CCCc1ccccc1)(Cc1ccccc1)c1ccccc1. The number of benzene rings is 5. The third-order valence-electron chi connectivity index (χ3n) is 11.0. The highest BCUT2D eigenvalue weighted by Gasteiger charge is 2.56. The molecule has 255 valence electrons. The van der Waals surface area contributed by atoms with E-state index >= 15 is 0 Å². The molecule has 5 aromatic carbocycles. The van der Waals surface area contributed by atoms with Gasteiger partial charge in [-0.1, -0.05) is 217 Å². The summed E-state index contributed by atoms with van der Waals surface area (Å²) in [6.45, 7) is 4.69. The molecule has 0 aliphatic heterocycles. The fourth-order valence-corrected chi connectivity index (χ4v) is 8.65. The van der Waals surface area contributed by atoms with Crippen molar-refractivity contribution in [3.63, 3.8) is 0 Å². The van der Waals surface area contributed by atoms with Crippen LogP contribution in [0, 0.1) is 5.92 Å². The average molecular weight is 648 g/mol. The van der Waals surface area contributed by atoms with Crippen LogP contribution in [0.2, 0.25) is 0 Å². The molecule has 0 fully saturated rings. The van der Waals surface area contributed by atoms with Crippen molar-refractivity contribution < 1.29 is 0 Å². The maximum absolute atomic E-state index is 2.47. The van der Waals surface area contributed by atoms with Gasteiger partial charge in [0.2, 0.25) is 0 Å². The van der Waals surface area contributed by atoms with Gasteiger partial charge in [0.15, 0.2) is 0 Å². The third-order valence-corrected chi connectivity index (χ3v) is 11.0. The summed E-state index contributed by atoms with van der Waals surface area (Å²) in [5.41, 5.74) is 6.86. The van der Waals surface area contributed by atoms with E-state index in [1.807, 2.05) is 0 Å². The average Bonchev–Trinajstić information content (AvgIpc) is 3.17.